The molecule has 172 valence electrons. The molecular weight excluding hydrogens is 411 g/mol. The van der Waals surface area contributed by atoms with Crippen molar-refractivity contribution in [2.45, 2.75) is 32.4 Å². The van der Waals surface area contributed by atoms with E-state index in [4.69, 9.17) is 9.47 Å². The third-order valence-corrected chi connectivity index (χ3v) is 5.53. The average molecular weight is 443 g/mol. The first-order valence-electron chi connectivity index (χ1n) is 10.9. The van der Waals surface area contributed by atoms with E-state index in [9.17, 15) is 14.0 Å². The maximum absolute atomic E-state index is 13.2. The van der Waals surface area contributed by atoms with Gasteiger partial charge in [0.05, 0.1) is 19.6 Å². The van der Waals surface area contributed by atoms with Crippen molar-refractivity contribution in [1.29, 1.82) is 0 Å². The van der Waals surface area contributed by atoms with Gasteiger partial charge in [0.25, 0.3) is 0 Å². The van der Waals surface area contributed by atoms with Crippen LogP contribution in [0.5, 0.6) is 5.75 Å². The molecule has 0 N–H and O–H groups in total. The molecule has 2 amide bonds. The molecule has 0 aliphatic carbocycles. The fraction of sp³-hybridized carbons (Fsp3) is 0.440. The molecule has 7 heteroatoms. The van der Waals surface area contributed by atoms with Crippen LogP contribution < -0.4 is 4.74 Å². The summed E-state index contributed by atoms with van der Waals surface area (Å²) in [4.78, 5) is 29.2. The zero-order valence-corrected chi connectivity index (χ0v) is 18.9. The van der Waals surface area contributed by atoms with E-state index in [1.807, 2.05) is 44.2 Å². The van der Waals surface area contributed by atoms with E-state index in [1.165, 1.54) is 24.3 Å². The van der Waals surface area contributed by atoms with Crippen LogP contribution in [0.3, 0.4) is 0 Å². The third-order valence-electron chi connectivity index (χ3n) is 5.53. The summed E-state index contributed by atoms with van der Waals surface area (Å²) in [5, 5.41) is 0. The Morgan fingerprint density at radius 2 is 1.84 bits per heavy atom. The van der Waals surface area contributed by atoms with Gasteiger partial charge in [0.2, 0.25) is 11.8 Å². The molecule has 3 rings (SSSR count). The van der Waals surface area contributed by atoms with Gasteiger partial charge in [-0.2, -0.15) is 0 Å². The van der Waals surface area contributed by atoms with Crippen LogP contribution in [0.4, 0.5) is 4.39 Å². The largest absolute Gasteiger partial charge is 0.490 e. The Bertz CT molecular complexity index is 904. The molecule has 6 nitrogen and oxygen atoms in total. The summed E-state index contributed by atoms with van der Waals surface area (Å²) in [6.45, 7) is 5.32. The van der Waals surface area contributed by atoms with E-state index in [0.717, 1.165) is 5.56 Å². The predicted molar refractivity (Wildman–Crippen MR) is 120 cm³/mol. The lowest BCUT2D eigenvalue weighted by molar-refractivity contribution is -0.167. The zero-order valence-electron chi connectivity index (χ0n) is 18.9. The van der Waals surface area contributed by atoms with Gasteiger partial charge in [-0.25, -0.2) is 4.39 Å². The number of ether oxygens (including phenoxy) is 2. The van der Waals surface area contributed by atoms with E-state index >= 15 is 0 Å². The van der Waals surface area contributed by atoms with Gasteiger partial charge in [-0.05, 0) is 29.8 Å². The lowest BCUT2D eigenvalue weighted by Crippen LogP contribution is -2.58. The van der Waals surface area contributed by atoms with Crippen LogP contribution in [0.25, 0.3) is 0 Å². The Morgan fingerprint density at radius 1 is 1.16 bits per heavy atom. The number of halogens is 1. The number of morpholine rings is 1. The summed E-state index contributed by atoms with van der Waals surface area (Å²) < 4.78 is 25.2. The Hall–Kier alpha value is -2.93. The van der Waals surface area contributed by atoms with Gasteiger partial charge >= 0.3 is 0 Å². The van der Waals surface area contributed by atoms with Crippen LogP contribution >= 0.6 is 0 Å². The van der Waals surface area contributed by atoms with E-state index in [0.29, 0.717) is 25.4 Å². The highest BCUT2D eigenvalue weighted by Gasteiger charge is 2.42. The first kappa shape index (κ1) is 23.7. The van der Waals surface area contributed by atoms with Crippen molar-refractivity contribution in [3.8, 4) is 5.75 Å². The average Bonchev–Trinajstić information content (AvgIpc) is 2.79. The molecule has 0 bridgehead atoms. The maximum atomic E-state index is 13.2. The highest BCUT2D eigenvalue weighted by Crippen LogP contribution is 2.26. The molecular formula is C25H31FN2O4. The summed E-state index contributed by atoms with van der Waals surface area (Å²) in [6, 6.07) is 15.4. The number of carbonyl (C=O) groups excluding carboxylic acids is 2. The molecule has 32 heavy (non-hydrogen) atoms. The van der Waals surface area contributed by atoms with Crippen LogP contribution in [0.1, 0.15) is 25.8 Å². The molecule has 0 spiro atoms. The Balaban J connectivity index is 1.75. The summed E-state index contributed by atoms with van der Waals surface area (Å²) in [7, 11) is 1.75. The summed E-state index contributed by atoms with van der Waals surface area (Å²) in [5.41, 5.74) is 0.0419. The fourth-order valence-corrected chi connectivity index (χ4v) is 3.75. The number of amides is 2. The first-order chi connectivity index (χ1) is 15.3. The molecule has 1 saturated heterocycles. The van der Waals surface area contributed by atoms with Gasteiger partial charge in [0.1, 0.15) is 23.8 Å². The molecule has 0 radical (unpaired) electrons. The normalized spacial score (nSPS) is 18.5. The minimum atomic E-state index is -0.987. The van der Waals surface area contributed by atoms with Crippen LogP contribution in [0.15, 0.2) is 54.6 Å². The first-order valence-corrected chi connectivity index (χ1v) is 10.9. The van der Waals surface area contributed by atoms with E-state index in [2.05, 4.69) is 0 Å². The standard InChI is InChI=1S/C25H31FN2O4/c1-19(2)24(30)28-13-14-32-25(17-28,18-31-22-11-9-21(26)10-12-22)15-23(29)27(3)16-20-7-5-4-6-8-20/h4-12,19H,13-18H2,1-3H3. The minimum absolute atomic E-state index is 0.0181. The Morgan fingerprint density at radius 3 is 2.50 bits per heavy atom. The van der Waals surface area contributed by atoms with Crippen molar-refractivity contribution < 1.29 is 23.5 Å². The molecule has 0 aromatic heterocycles. The molecule has 1 heterocycles. The van der Waals surface area contributed by atoms with E-state index < -0.39 is 5.60 Å². The zero-order chi connectivity index (χ0) is 23.1. The number of carbonyl (C=O) groups is 2. The number of hydrogen-bond acceptors (Lipinski definition) is 4. The van der Waals surface area contributed by atoms with Crippen molar-refractivity contribution in [3.05, 3.63) is 66.0 Å². The van der Waals surface area contributed by atoms with Crippen LogP contribution in [-0.2, 0) is 20.9 Å². The summed E-state index contributed by atoms with van der Waals surface area (Å²) in [5.74, 6) is -0.112. The third kappa shape index (κ3) is 6.29. The number of rotatable bonds is 8. The molecule has 1 fully saturated rings. The Kier molecular flexibility index (Phi) is 7.85. The number of benzene rings is 2. The van der Waals surface area contributed by atoms with Gasteiger partial charge < -0.3 is 19.3 Å². The molecule has 0 saturated carbocycles. The van der Waals surface area contributed by atoms with Gasteiger partial charge in [-0.1, -0.05) is 44.2 Å². The smallest absolute Gasteiger partial charge is 0.225 e. The number of nitrogens with zero attached hydrogens (tertiary/aromatic N) is 2. The van der Waals surface area contributed by atoms with Gasteiger partial charge in [0, 0.05) is 26.1 Å². The fourth-order valence-electron chi connectivity index (χ4n) is 3.75. The second-order valence-corrected chi connectivity index (χ2v) is 8.60. The monoisotopic (exact) mass is 442 g/mol. The highest BCUT2D eigenvalue weighted by atomic mass is 19.1. The molecule has 2 aromatic carbocycles. The minimum Gasteiger partial charge on any atom is -0.490 e. The molecule has 1 unspecified atom stereocenters. The van der Waals surface area contributed by atoms with E-state index in [-0.39, 0.29) is 43.1 Å². The summed E-state index contributed by atoms with van der Waals surface area (Å²) >= 11 is 0. The van der Waals surface area contributed by atoms with Gasteiger partial charge in [-0.3, -0.25) is 9.59 Å². The van der Waals surface area contributed by atoms with Crippen molar-refractivity contribution >= 4 is 11.8 Å². The van der Waals surface area contributed by atoms with Crippen LogP contribution in [-0.4, -0.2) is 60.6 Å². The molecule has 1 aliphatic rings. The van der Waals surface area contributed by atoms with Crippen molar-refractivity contribution in [2.75, 3.05) is 33.4 Å². The van der Waals surface area contributed by atoms with Crippen molar-refractivity contribution in [2.24, 2.45) is 5.92 Å². The van der Waals surface area contributed by atoms with Gasteiger partial charge in [-0.15, -0.1) is 0 Å². The number of hydrogen-bond donors (Lipinski definition) is 0. The maximum Gasteiger partial charge on any atom is 0.225 e. The quantitative estimate of drug-likeness (QED) is 0.628. The highest BCUT2D eigenvalue weighted by molar-refractivity contribution is 5.79. The molecule has 2 aromatic rings. The topological polar surface area (TPSA) is 59.1 Å². The predicted octanol–water partition coefficient (Wildman–Crippen LogP) is 3.51. The van der Waals surface area contributed by atoms with Crippen molar-refractivity contribution in [1.82, 2.24) is 9.80 Å². The second kappa shape index (κ2) is 10.6. The van der Waals surface area contributed by atoms with Crippen LogP contribution in [0.2, 0.25) is 0 Å². The molecule has 1 aliphatic heterocycles. The van der Waals surface area contributed by atoms with Crippen molar-refractivity contribution in [3.63, 3.8) is 0 Å². The lowest BCUT2D eigenvalue weighted by Gasteiger charge is -2.43. The molecule has 1 atom stereocenters. The van der Waals surface area contributed by atoms with E-state index in [1.54, 1.807) is 16.8 Å². The SMILES string of the molecule is CC(C)C(=O)N1CCOC(COc2ccc(F)cc2)(CC(=O)N(C)Cc2ccccc2)C1. The summed E-state index contributed by atoms with van der Waals surface area (Å²) in [6.07, 6.45) is 0.0689. The van der Waals surface area contributed by atoms with Gasteiger partial charge in [0.15, 0.2) is 0 Å². The Labute approximate surface area is 188 Å². The lowest BCUT2D eigenvalue weighted by atomic mass is 9.96. The van der Waals surface area contributed by atoms with Crippen LogP contribution in [0, 0.1) is 11.7 Å². The second-order valence-electron chi connectivity index (χ2n) is 8.60.